The first-order chi connectivity index (χ1) is 6.45. The van der Waals surface area contributed by atoms with Crippen LogP contribution in [0.3, 0.4) is 0 Å². The number of aliphatic hydroxyl groups excluding tert-OH is 1. The van der Waals surface area contributed by atoms with Gasteiger partial charge in [-0.1, -0.05) is 0 Å². The number of benzene rings is 1. The average molecular weight is 279 g/mol. The predicted molar refractivity (Wildman–Crippen MR) is 56.1 cm³/mol. The fourth-order valence-electron chi connectivity index (χ4n) is 1.03. The second-order valence-corrected chi connectivity index (χ2v) is 6.87. The molecule has 3 nitrogen and oxygen atoms in total. The van der Waals surface area contributed by atoms with Gasteiger partial charge < -0.3 is 0 Å². The van der Waals surface area contributed by atoms with E-state index in [0.29, 0.717) is 5.56 Å². The van der Waals surface area contributed by atoms with Crippen LogP contribution in [-0.4, -0.2) is 34.7 Å². The van der Waals surface area contributed by atoms with E-state index in [1.807, 2.05) is 5.82 Å². The van der Waals surface area contributed by atoms with Crippen molar-refractivity contribution in [3.8, 4) is 0 Å². The zero-order valence-electron chi connectivity index (χ0n) is 7.97. The first-order valence-electron chi connectivity index (χ1n) is 3.96. The van der Waals surface area contributed by atoms with Gasteiger partial charge in [-0.25, -0.2) is 0 Å². The summed E-state index contributed by atoms with van der Waals surface area (Å²) in [7, 11) is -3.17. The Morgan fingerprint density at radius 3 is 2.57 bits per heavy atom. The van der Waals surface area contributed by atoms with Gasteiger partial charge in [-0.3, -0.25) is 0 Å². The molecule has 14 heavy (non-hydrogen) atoms. The van der Waals surface area contributed by atoms with Crippen LogP contribution in [-0.2, 0) is 9.84 Å². The number of rotatable bonds is 3. The van der Waals surface area contributed by atoms with E-state index in [1.54, 1.807) is 12.1 Å². The van der Waals surface area contributed by atoms with Gasteiger partial charge in [0.15, 0.2) is 0 Å². The molecule has 5 heteroatoms. The predicted octanol–water partition coefficient (Wildman–Crippen LogP) is 0.833. The Morgan fingerprint density at radius 1 is 1.43 bits per heavy atom. The molecule has 0 fully saturated rings. The Morgan fingerprint density at radius 2 is 2.07 bits per heavy atom. The van der Waals surface area contributed by atoms with Crippen molar-refractivity contribution in [3.05, 3.63) is 29.8 Å². The standard InChI is InChI=1S/C9H12O3SSe/c1-13(11,12)8-5-3-4-7(6-8)9(10)14-2/h3-6,9-10H,1-2H3. The number of hydrogen-bond acceptors (Lipinski definition) is 3. The molecule has 0 amide bonds. The van der Waals surface area contributed by atoms with Crippen LogP contribution in [0.25, 0.3) is 0 Å². The van der Waals surface area contributed by atoms with Crippen LogP contribution in [0.15, 0.2) is 29.2 Å². The van der Waals surface area contributed by atoms with Crippen molar-refractivity contribution in [3.63, 3.8) is 0 Å². The van der Waals surface area contributed by atoms with Gasteiger partial charge >= 0.3 is 90.1 Å². The molecule has 0 saturated heterocycles. The molecule has 0 bridgehead atoms. The van der Waals surface area contributed by atoms with E-state index in [0.717, 1.165) is 6.26 Å². The molecular formula is C9H12O3SSe. The third-order valence-electron chi connectivity index (χ3n) is 1.79. The van der Waals surface area contributed by atoms with Crippen molar-refractivity contribution < 1.29 is 13.5 Å². The van der Waals surface area contributed by atoms with E-state index in [-0.39, 0.29) is 19.9 Å². The first-order valence-corrected chi connectivity index (χ1v) is 8.55. The van der Waals surface area contributed by atoms with Crippen LogP contribution in [0.1, 0.15) is 10.6 Å². The normalized spacial score (nSPS) is 13.9. The van der Waals surface area contributed by atoms with Crippen molar-refractivity contribution in [1.82, 2.24) is 0 Å². The van der Waals surface area contributed by atoms with Crippen LogP contribution in [0, 0.1) is 0 Å². The molecule has 1 unspecified atom stereocenters. The molecule has 1 aromatic carbocycles. The summed E-state index contributed by atoms with van der Waals surface area (Å²) in [6, 6.07) is 6.46. The van der Waals surface area contributed by atoms with Gasteiger partial charge in [-0.15, -0.1) is 0 Å². The van der Waals surface area contributed by atoms with E-state index in [2.05, 4.69) is 0 Å². The second kappa shape index (κ2) is 4.45. The molecule has 0 radical (unpaired) electrons. The number of aliphatic hydroxyl groups is 1. The molecule has 0 spiro atoms. The zero-order chi connectivity index (χ0) is 10.8. The molecular weight excluding hydrogens is 267 g/mol. The summed E-state index contributed by atoms with van der Waals surface area (Å²) in [5.74, 6) is 1.91. The number of hydrogen-bond donors (Lipinski definition) is 1. The maximum atomic E-state index is 11.2. The van der Waals surface area contributed by atoms with E-state index < -0.39 is 14.8 Å². The van der Waals surface area contributed by atoms with Crippen molar-refractivity contribution in [2.75, 3.05) is 6.26 Å². The monoisotopic (exact) mass is 280 g/mol. The van der Waals surface area contributed by atoms with Gasteiger partial charge in [0.05, 0.1) is 0 Å². The van der Waals surface area contributed by atoms with Crippen LogP contribution in [0.2, 0.25) is 5.82 Å². The van der Waals surface area contributed by atoms with Crippen molar-refractivity contribution >= 4 is 24.8 Å². The summed E-state index contributed by atoms with van der Waals surface area (Å²) in [4.78, 5) is 0.262. The average Bonchev–Trinajstić information content (AvgIpc) is 2.15. The van der Waals surface area contributed by atoms with Crippen LogP contribution < -0.4 is 0 Å². The van der Waals surface area contributed by atoms with E-state index in [4.69, 9.17) is 0 Å². The van der Waals surface area contributed by atoms with Gasteiger partial charge in [0, 0.05) is 0 Å². The Labute approximate surface area is 90.2 Å². The van der Waals surface area contributed by atoms with Crippen molar-refractivity contribution in [2.24, 2.45) is 0 Å². The van der Waals surface area contributed by atoms with Gasteiger partial charge in [0.1, 0.15) is 0 Å². The molecule has 0 aliphatic carbocycles. The molecule has 0 heterocycles. The molecule has 1 N–H and O–H groups in total. The molecule has 1 rings (SSSR count). The van der Waals surface area contributed by atoms with E-state index in [1.165, 1.54) is 12.1 Å². The number of sulfone groups is 1. The maximum absolute atomic E-state index is 11.2. The zero-order valence-corrected chi connectivity index (χ0v) is 10.5. The van der Waals surface area contributed by atoms with Gasteiger partial charge in [-0.2, -0.15) is 0 Å². The quantitative estimate of drug-likeness (QED) is 0.834. The third-order valence-corrected chi connectivity index (χ3v) is 4.41. The van der Waals surface area contributed by atoms with E-state index >= 15 is 0 Å². The Hall–Kier alpha value is -0.351. The summed E-state index contributed by atoms with van der Waals surface area (Å²) >= 11 is 0.0656. The Balaban J connectivity index is 3.14. The summed E-state index contributed by atoms with van der Waals surface area (Å²) in [6.45, 7) is 0. The summed E-state index contributed by atoms with van der Waals surface area (Å²) < 4.78 is 22.4. The third kappa shape index (κ3) is 2.82. The Kier molecular flexibility index (Phi) is 3.72. The van der Waals surface area contributed by atoms with Gasteiger partial charge in [0.25, 0.3) is 0 Å². The minimum atomic E-state index is -3.17. The Bertz CT molecular complexity index is 414. The SMILES string of the molecule is C[Se]C(O)c1cccc(S(C)(=O)=O)c1. The van der Waals surface area contributed by atoms with Crippen molar-refractivity contribution in [1.29, 1.82) is 0 Å². The van der Waals surface area contributed by atoms with E-state index in [9.17, 15) is 13.5 Å². The summed E-state index contributed by atoms with van der Waals surface area (Å²) in [5, 5.41) is 9.03. The molecule has 0 aromatic heterocycles. The fourth-order valence-corrected chi connectivity index (χ4v) is 2.59. The molecule has 78 valence electrons. The van der Waals surface area contributed by atoms with Crippen molar-refractivity contribution in [2.45, 2.75) is 15.7 Å². The van der Waals surface area contributed by atoms with Crippen LogP contribution in [0.5, 0.6) is 0 Å². The molecule has 0 aliphatic rings. The van der Waals surface area contributed by atoms with Gasteiger partial charge in [-0.05, 0) is 0 Å². The molecule has 1 atom stereocenters. The summed E-state index contributed by atoms with van der Waals surface area (Å²) in [5.41, 5.74) is 0.676. The van der Waals surface area contributed by atoms with Crippen LogP contribution in [0.4, 0.5) is 0 Å². The second-order valence-electron chi connectivity index (χ2n) is 2.93. The minimum absolute atomic E-state index is 0.0656. The van der Waals surface area contributed by atoms with Crippen LogP contribution >= 0.6 is 0 Å². The fraction of sp³-hybridized carbons (Fsp3) is 0.333. The molecule has 1 aromatic rings. The van der Waals surface area contributed by atoms with Gasteiger partial charge in [0.2, 0.25) is 0 Å². The molecule has 0 aliphatic heterocycles. The topological polar surface area (TPSA) is 54.4 Å². The summed E-state index contributed by atoms with van der Waals surface area (Å²) in [6.07, 6.45) is 1.16. The molecule has 0 saturated carbocycles. The first kappa shape index (κ1) is 11.7.